The van der Waals surface area contributed by atoms with Crippen molar-refractivity contribution in [2.24, 2.45) is 0 Å². The van der Waals surface area contributed by atoms with Crippen LogP contribution < -0.4 is 11.0 Å². The van der Waals surface area contributed by atoms with Crippen LogP contribution in [0.5, 0.6) is 0 Å². The smallest absolute Gasteiger partial charge is 0.255 e. The number of hydrogen-bond acceptors (Lipinski definition) is 5. The number of nitrogens with zero attached hydrogens (tertiary/aromatic N) is 2. The van der Waals surface area contributed by atoms with Crippen molar-refractivity contribution in [1.29, 1.82) is 0 Å². The number of benzene rings is 1. The van der Waals surface area contributed by atoms with Gasteiger partial charge in [0, 0.05) is 32.5 Å². The van der Waals surface area contributed by atoms with E-state index < -0.39 is 8.07 Å². The summed E-state index contributed by atoms with van der Waals surface area (Å²) in [5.41, 5.74) is 7.91. The Labute approximate surface area is 165 Å². The highest BCUT2D eigenvalue weighted by Crippen LogP contribution is 2.32. The topological polar surface area (TPSA) is 70.2 Å². The highest BCUT2D eigenvalue weighted by molar-refractivity contribution is 6.76. The third kappa shape index (κ3) is 4.01. The van der Waals surface area contributed by atoms with E-state index in [-0.39, 0.29) is 5.56 Å². The summed E-state index contributed by atoms with van der Waals surface area (Å²) in [5.74, 6) is 0. The molecule has 6 nitrogen and oxygen atoms in total. The number of hydrazine groups is 1. The van der Waals surface area contributed by atoms with E-state index in [0.717, 1.165) is 45.9 Å². The van der Waals surface area contributed by atoms with Gasteiger partial charge >= 0.3 is 0 Å². The number of aromatic amines is 1. The van der Waals surface area contributed by atoms with Crippen LogP contribution in [0.25, 0.3) is 22.0 Å². The highest BCUT2D eigenvalue weighted by Gasteiger charge is 2.24. The first-order chi connectivity index (χ1) is 13.4. The molecule has 0 aliphatic carbocycles. The fraction of sp³-hybridized carbons (Fsp3) is 0.333. The molecule has 0 amide bonds. The molecule has 4 rings (SSSR count). The molecule has 0 saturated heterocycles. The van der Waals surface area contributed by atoms with Gasteiger partial charge in [0.05, 0.1) is 23.3 Å². The van der Waals surface area contributed by atoms with Crippen molar-refractivity contribution < 1.29 is 4.74 Å². The van der Waals surface area contributed by atoms with Crippen LogP contribution in [0.15, 0.2) is 47.5 Å². The van der Waals surface area contributed by atoms with E-state index in [0.29, 0.717) is 13.3 Å². The maximum Gasteiger partial charge on any atom is 0.255 e. The van der Waals surface area contributed by atoms with Crippen LogP contribution in [-0.2, 0) is 11.3 Å². The number of fused-ring (bicyclic) bond motifs is 3. The van der Waals surface area contributed by atoms with Crippen molar-refractivity contribution in [2.75, 3.05) is 18.8 Å². The first-order valence-electron chi connectivity index (χ1n) is 9.59. The van der Waals surface area contributed by atoms with Crippen LogP contribution in [0.4, 0.5) is 5.69 Å². The van der Waals surface area contributed by atoms with E-state index in [1.54, 1.807) is 12.4 Å². The van der Waals surface area contributed by atoms with E-state index in [2.05, 4.69) is 47.2 Å². The number of H-pyrrole nitrogens is 1. The molecule has 0 unspecified atom stereocenters. The zero-order valence-electron chi connectivity index (χ0n) is 16.6. The maximum absolute atomic E-state index is 12.6. The van der Waals surface area contributed by atoms with E-state index in [1.165, 1.54) is 0 Å². The Morgan fingerprint density at radius 2 is 1.93 bits per heavy atom. The standard InChI is InChI=1S/C21H26N4O2Si/c1-28(2,3)11-10-27-14-25-13-18-20(24-25)17-5-4-16(12-19(17)23-21(18)26)15-6-8-22-9-7-15/h4-9,12,24H,10-11,13-14H2,1-3H3,(H,23,26). The lowest BCUT2D eigenvalue weighted by Crippen LogP contribution is -2.29. The third-order valence-electron chi connectivity index (χ3n) is 4.99. The largest absolute Gasteiger partial charge is 0.365 e. The number of aromatic nitrogens is 2. The van der Waals surface area contributed by atoms with Crippen LogP contribution in [0.1, 0.15) is 5.56 Å². The number of pyridine rings is 2. The fourth-order valence-corrected chi connectivity index (χ4v) is 4.12. The predicted molar refractivity (Wildman–Crippen MR) is 116 cm³/mol. The minimum absolute atomic E-state index is 0.0496. The van der Waals surface area contributed by atoms with E-state index in [4.69, 9.17) is 4.74 Å². The van der Waals surface area contributed by atoms with Crippen molar-refractivity contribution in [3.05, 3.63) is 58.6 Å². The second kappa shape index (κ2) is 7.50. The Hall–Kier alpha value is -2.48. The van der Waals surface area contributed by atoms with Crippen molar-refractivity contribution in [3.63, 3.8) is 0 Å². The quantitative estimate of drug-likeness (QED) is 0.488. The number of rotatable bonds is 6. The molecule has 3 heterocycles. The van der Waals surface area contributed by atoms with Gasteiger partial charge in [-0.1, -0.05) is 31.8 Å². The summed E-state index contributed by atoms with van der Waals surface area (Å²) >= 11 is 0. The molecule has 1 aromatic carbocycles. The number of hydrogen-bond donors (Lipinski definition) is 2. The van der Waals surface area contributed by atoms with Crippen molar-refractivity contribution in [2.45, 2.75) is 32.2 Å². The molecule has 146 valence electrons. The minimum Gasteiger partial charge on any atom is -0.365 e. The minimum atomic E-state index is -1.10. The SMILES string of the molecule is C[Si](C)(C)CCOCN1Cc2c(c3ccc(-c4ccncc4)cc3[nH]c2=O)N1. The molecular weight excluding hydrogens is 368 g/mol. The normalized spacial score (nSPS) is 14.2. The Morgan fingerprint density at radius 1 is 1.14 bits per heavy atom. The van der Waals surface area contributed by atoms with Crippen molar-refractivity contribution in [1.82, 2.24) is 15.0 Å². The zero-order chi connectivity index (χ0) is 19.7. The van der Waals surface area contributed by atoms with Gasteiger partial charge in [-0.25, -0.2) is 0 Å². The lowest BCUT2D eigenvalue weighted by molar-refractivity contribution is 0.0501. The molecule has 2 aromatic heterocycles. The van der Waals surface area contributed by atoms with Gasteiger partial charge in [0.25, 0.3) is 5.56 Å². The molecule has 0 radical (unpaired) electrons. The Bertz CT molecular complexity index is 1040. The van der Waals surface area contributed by atoms with Crippen LogP contribution in [0, 0.1) is 0 Å². The summed E-state index contributed by atoms with van der Waals surface area (Å²) in [6, 6.07) is 11.2. The molecule has 28 heavy (non-hydrogen) atoms. The van der Waals surface area contributed by atoms with Gasteiger partial charge in [-0.15, -0.1) is 0 Å². The van der Waals surface area contributed by atoms with Crippen LogP contribution in [-0.4, -0.2) is 36.4 Å². The molecule has 1 aliphatic rings. The zero-order valence-corrected chi connectivity index (χ0v) is 17.6. The predicted octanol–water partition coefficient (Wildman–Crippen LogP) is 4.04. The lowest BCUT2D eigenvalue weighted by atomic mass is 10.0. The molecule has 7 heteroatoms. The molecule has 0 atom stereocenters. The average Bonchev–Trinajstić information content (AvgIpc) is 3.10. The molecule has 0 fully saturated rings. The van der Waals surface area contributed by atoms with Crippen molar-refractivity contribution >= 4 is 24.7 Å². The number of ether oxygens (including phenoxy) is 1. The molecule has 3 aromatic rings. The molecule has 0 bridgehead atoms. The van der Waals surface area contributed by atoms with E-state index >= 15 is 0 Å². The van der Waals surface area contributed by atoms with Crippen LogP contribution >= 0.6 is 0 Å². The number of anilines is 1. The Morgan fingerprint density at radius 3 is 2.68 bits per heavy atom. The molecule has 0 saturated carbocycles. The summed E-state index contributed by atoms with van der Waals surface area (Å²) in [7, 11) is -1.10. The van der Waals surface area contributed by atoms with Gasteiger partial charge in [0.1, 0.15) is 6.73 Å². The maximum atomic E-state index is 12.6. The monoisotopic (exact) mass is 394 g/mol. The molecule has 1 aliphatic heterocycles. The average molecular weight is 395 g/mol. The Balaban J connectivity index is 1.54. The molecule has 0 spiro atoms. The van der Waals surface area contributed by atoms with Gasteiger partial charge in [0.2, 0.25) is 0 Å². The van der Waals surface area contributed by atoms with Gasteiger partial charge in [-0.2, -0.15) is 5.01 Å². The van der Waals surface area contributed by atoms with Gasteiger partial charge in [-0.3, -0.25) is 9.78 Å². The van der Waals surface area contributed by atoms with Crippen molar-refractivity contribution in [3.8, 4) is 11.1 Å². The molecule has 2 N–H and O–H groups in total. The summed E-state index contributed by atoms with van der Waals surface area (Å²) in [4.78, 5) is 19.7. The van der Waals surface area contributed by atoms with Gasteiger partial charge < -0.3 is 15.1 Å². The van der Waals surface area contributed by atoms with Gasteiger partial charge in [-0.05, 0) is 35.4 Å². The first kappa shape index (κ1) is 18.9. The lowest BCUT2D eigenvalue weighted by Gasteiger charge is -2.19. The van der Waals surface area contributed by atoms with E-state index in [1.807, 2.05) is 23.2 Å². The summed E-state index contributed by atoms with van der Waals surface area (Å²) in [5, 5.41) is 2.97. The van der Waals surface area contributed by atoms with Crippen LogP contribution in [0.3, 0.4) is 0 Å². The number of nitrogens with one attached hydrogen (secondary N) is 2. The highest BCUT2D eigenvalue weighted by atomic mass is 28.3. The third-order valence-corrected chi connectivity index (χ3v) is 6.69. The second-order valence-electron chi connectivity index (χ2n) is 8.46. The Kier molecular flexibility index (Phi) is 5.05. The second-order valence-corrected chi connectivity index (χ2v) is 14.1. The first-order valence-corrected chi connectivity index (χ1v) is 13.3. The van der Waals surface area contributed by atoms with E-state index in [9.17, 15) is 4.79 Å². The fourth-order valence-electron chi connectivity index (χ4n) is 3.36. The summed E-state index contributed by atoms with van der Waals surface area (Å²) in [6.45, 7) is 8.79. The summed E-state index contributed by atoms with van der Waals surface area (Å²) in [6.07, 6.45) is 3.54. The molecular formula is C21H26N4O2Si. The van der Waals surface area contributed by atoms with Gasteiger partial charge in [0.15, 0.2) is 0 Å². The van der Waals surface area contributed by atoms with Crippen LogP contribution in [0.2, 0.25) is 25.7 Å². The summed E-state index contributed by atoms with van der Waals surface area (Å²) < 4.78 is 5.83.